The molecule has 1 amide bonds. The summed E-state index contributed by atoms with van der Waals surface area (Å²) in [6.45, 7) is 4.93. The van der Waals surface area contributed by atoms with Crippen LogP contribution in [0.25, 0.3) is 0 Å². The number of ether oxygens (including phenoxy) is 4. The number of hydrogen-bond donors (Lipinski definition) is 2. The number of carboxylic acid groups (broad SMARTS) is 1. The van der Waals surface area contributed by atoms with Crippen molar-refractivity contribution in [2.75, 3.05) is 81.0 Å². The summed E-state index contributed by atoms with van der Waals surface area (Å²) in [4.78, 5) is 11.8. The molecule has 0 spiro atoms. The van der Waals surface area contributed by atoms with Gasteiger partial charge in [0, 0.05) is 54.6 Å². The van der Waals surface area contributed by atoms with Crippen molar-refractivity contribution in [2.24, 2.45) is 0 Å². The second-order valence-corrected chi connectivity index (χ2v) is 3.99. The van der Waals surface area contributed by atoms with E-state index in [2.05, 4.69) is 5.32 Å². The first-order chi connectivity index (χ1) is 10.1. The zero-order valence-corrected chi connectivity index (χ0v) is 13.6. The van der Waals surface area contributed by atoms with Gasteiger partial charge in [-0.3, -0.25) is 0 Å². The summed E-state index contributed by atoms with van der Waals surface area (Å²) in [7, 11) is 6.46. The first-order valence-electron chi connectivity index (χ1n) is 6.78. The molecule has 0 unspecified atom stereocenters. The van der Waals surface area contributed by atoms with E-state index in [0.717, 1.165) is 26.3 Å². The fraction of sp³-hybridized carbons (Fsp3) is 0.923. The number of carbonyl (C=O) groups is 1. The van der Waals surface area contributed by atoms with Crippen LogP contribution in [0.2, 0.25) is 0 Å². The van der Waals surface area contributed by atoms with E-state index in [9.17, 15) is 4.79 Å². The Hall–Kier alpha value is -0.930. The van der Waals surface area contributed by atoms with Crippen molar-refractivity contribution in [1.29, 1.82) is 0 Å². The van der Waals surface area contributed by atoms with E-state index in [-0.39, 0.29) is 0 Å². The summed E-state index contributed by atoms with van der Waals surface area (Å²) in [6.07, 6.45) is -0.941. The van der Waals surface area contributed by atoms with Gasteiger partial charge in [0.15, 0.2) is 0 Å². The highest BCUT2D eigenvalue weighted by molar-refractivity contribution is 5.64. The molecule has 0 aromatic carbocycles. The average Bonchev–Trinajstić information content (AvgIpc) is 2.47. The van der Waals surface area contributed by atoms with Gasteiger partial charge in [0.25, 0.3) is 0 Å². The lowest BCUT2D eigenvalue weighted by atomic mass is 10.5. The molecule has 0 aliphatic rings. The quantitative estimate of drug-likeness (QED) is 0.495. The molecule has 0 radical (unpaired) electrons. The third kappa shape index (κ3) is 19.1. The molecule has 0 fully saturated rings. The van der Waals surface area contributed by atoms with E-state index in [1.807, 2.05) is 0 Å². The lowest BCUT2D eigenvalue weighted by Crippen LogP contribution is -2.35. The van der Waals surface area contributed by atoms with Crippen LogP contribution in [0.4, 0.5) is 4.79 Å². The van der Waals surface area contributed by atoms with Gasteiger partial charge in [0.05, 0.1) is 26.4 Å². The smallest absolute Gasteiger partial charge is 0.407 e. The minimum Gasteiger partial charge on any atom is -0.465 e. The molecule has 8 heteroatoms. The van der Waals surface area contributed by atoms with Gasteiger partial charge in [0.2, 0.25) is 0 Å². The highest BCUT2D eigenvalue weighted by Crippen LogP contribution is 1.89. The fourth-order valence-corrected chi connectivity index (χ4v) is 1.18. The Labute approximate surface area is 127 Å². The van der Waals surface area contributed by atoms with E-state index < -0.39 is 6.09 Å². The number of nitrogens with one attached hydrogen (secondary N) is 1. The van der Waals surface area contributed by atoms with E-state index in [1.165, 1.54) is 19.1 Å². The van der Waals surface area contributed by atoms with Crippen molar-refractivity contribution >= 4 is 6.09 Å². The molecule has 8 nitrogen and oxygen atoms in total. The van der Waals surface area contributed by atoms with Crippen LogP contribution >= 0.6 is 0 Å². The predicted octanol–water partition coefficient (Wildman–Crippen LogP) is 0.128. The number of nitrogens with zero attached hydrogens (tertiary/aromatic N) is 1. The highest BCUT2D eigenvalue weighted by Gasteiger charge is 2.09. The Morgan fingerprint density at radius 1 is 0.857 bits per heavy atom. The summed E-state index contributed by atoms with van der Waals surface area (Å²) in [5, 5.41) is 11.8. The molecule has 0 saturated heterocycles. The Bertz CT molecular complexity index is 205. The zero-order chi connectivity index (χ0) is 16.3. The molecule has 0 heterocycles. The van der Waals surface area contributed by atoms with Gasteiger partial charge in [-0.2, -0.15) is 0 Å². The minimum atomic E-state index is -0.941. The van der Waals surface area contributed by atoms with Crippen LogP contribution in [0.5, 0.6) is 0 Å². The summed E-state index contributed by atoms with van der Waals surface area (Å²) in [5.74, 6) is 0. The Balaban J connectivity index is 0. The molecule has 21 heavy (non-hydrogen) atoms. The molecule has 0 atom stereocenters. The molecule has 2 N–H and O–H groups in total. The van der Waals surface area contributed by atoms with Crippen LogP contribution < -0.4 is 5.32 Å². The average molecular weight is 310 g/mol. The molecule has 0 saturated carbocycles. The molecule has 0 aliphatic carbocycles. The van der Waals surface area contributed by atoms with Gasteiger partial charge < -0.3 is 34.3 Å². The molecule has 0 aliphatic heterocycles. The normalized spacial score (nSPS) is 9.90. The van der Waals surface area contributed by atoms with Crippen LogP contribution in [0.15, 0.2) is 0 Å². The van der Waals surface area contributed by atoms with Gasteiger partial charge in [-0.15, -0.1) is 0 Å². The summed E-state index contributed by atoms with van der Waals surface area (Å²) >= 11 is 0. The summed E-state index contributed by atoms with van der Waals surface area (Å²) in [6, 6.07) is 0. The van der Waals surface area contributed by atoms with Crippen LogP contribution in [0.1, 0.15) is 0 Å². The van der Waals surface area contributed by atoms with Crippen LogP contribution in [-0.2, 0) is 18.9 Å². The van der Waals surface area contributed by atoms with Crippen molar-refractivity contribution in [1.82, 2.24) is 10.2 Å². The standard InChI is InChI=1S/C7H15NO4.C6H15NO2/c1-11-5-3-8(7(9)10)4-6-12-2;1-8-5-3-7-4-6-9-2/h3-6H2,1-2H3,(H,9,10);7H,3-6H2,1-2H3. The summed E-state index contributed by atoms with van der Waals surface area (Å²) < 4.78 is 19.2. The number of hydrogen-bond acceptors (Lipinski definition) is 6. The van der Waals surface area contributed by atoms with Gasteiger partial charge in [0.1, 0.15) is 0 Å². The van der Waals surface area contributed by atoms with Crippen molar-refractivity contribution in [3.05, 3.63) is 0 Å². The van der Waals surface area contributed by atoms with Crippen LogP contribution in [0, 0.1) is 0 Å². The van der Waals surface area contributed by atoms with Gasteiger partial charge in [-0.25, -0.2) is 4.79 Å². The predicted molar refractivity (Wildman–Crippen MR) is 80.0 cm³/mol. The van der Waals surface area contributed by atoms with Crippen molar-refractivity contribution in [2.45, 2.75) is 0 Å². The zero-order valence-electron chi connectivity index (χ0n) is 13.6. The maximum atomic E-state index is 10.5. The fourth-order valence-electron chi connectivity index (χ4n) is 1.18. The number of amides is 1. The molecule has 0 bridgehead atoms. The topological polar surface area (TPSA) is 89.5 Å². The largest absolute Gasteiger partial charge is 0.465 e. The SMILES string of the molecule is COCCN(CCOC)C(=O)O.COCCNCCOC. The first kappa shape index (κ1) is 22.4. The van der Waals surface area contributed by atoms with Gasteiger partial charge in [-0.1, -0.05) is 0 Å². The maximum Gasteiger partial charge on any atom is 0.407 e. The van der Waals surface area contributed by atoms with E-state index in [0.29, 0.717) is 26.3 Å². The van der Waals surface area contributed by atoms with Gasteiger partial charge in [-0.05, 0) is 0 Å². The molecule has 0 aromatic heterocycles. The lowest BCUT2D eigenvalue weighted by Gasteiger charge is -2.17. The van der Waals surface area contributed by atoms with E-state index >= 15 is 0 Å². The van der Waals surface area contributed by atoms with Crippen molar-refractivity contribution in [3.63, 3.8) is 0 Å². The molecular weight excluding hydrogens is 280 g/mol. The summed E-state index contributed by atoms with van der Waals surface area (Å²) in [5.41, 5.74) is 0. The van der Waals surface area contributed by atoms with Crippen LogP contribution in [-0.4, -0.2) is 97.1 Å². The molecule has 128 valence electrons. The first-order valence-corrected chi connectivity index (χ1v) is 6.78. The third-order valence-electron chi connectivity index (χ3n) is 2.37. The van der Waals surface area contributed by atoms with Gasteiger partial charge >= 0.3 is 6.09 Å². The van der Waals surface area contributed by atoms with E-state index in [4.69, 9.17) is 24.1 Å². The molecule has 0 rings (SSSR count). The van der Waals surface area contributed by atoms with Crippen molar-refractivity contribution < 1.29 is 28.8 Å². The lowest BCUT2D eigenvalue weighted by molar-refractivity contribution is 0.0977. The Kier molecular flexibility index (Phi) is 20.3. The monoisotopic (exact) mass is 310 g/mol. The molecular formula is C13H30N2O6. The second kappa shape index (κ2) is 19.1. The number of methoxy groups -OCH3 is 4. The van der Waals surface area contributed by atoms with Crippen molar-refractivity contribution in [3.8, 4) is 0 Å². The number of rotatable bonds is 12. The maximum absolute atomic E-state index is 10.5. The third-order valence-corrected chi connectivity index (χ3v) is 2.37. The Morgan fingerprint density at radius 2 is 1.24 bits per heavy atom. The highest BCUT2D eigenvalue weighted by atomic mass is 16.5. The van der Waals surface area contributed by atoms with Crippen LogP contribution in [0.3, 0.4) is 0 Å². The molecule has 0 aromatic rings. The second-order valence-electron chi connectivity index (χ2n) is 3.99. The van der Waals surface area contributed by atoms with E-state index in [1.54, 1.807) is 14.2 Å². The minimum absolute atomic E-state index is 0.384. The Morgan fingerprint density at radius 3 is 1.52 bits per heavy atom.